The first-order chi connectivity index (χ1) is 15.3. The van der Waals surface area contributed by atoms with Crippen LogP contribution in [0, 0.1) is 0 Å². The summed E-state index contributed by atoms with van der Waals surface area (Å²) < 4.78 is 14.6. The number of fused-ring (bicyclic) bond motifs is 12. The van der Waals surface area contributed by atoms with Gasteiger partial charge in [-0.1, -0.05) is 18.2 Å². The van der Waals surface area contributed by atoms with Crippen molar-refractivity contribution < 1.29 is 8.83 Å². The third kappa shape index (κ3) is 1.86. The lowest BCUT2D eigenvalue weighted by molar-refractivity contribution is 0.664. The molecule has 0 aliphatic heterocycles. The molecule has 0 fully saturated rings. The minimum absolute atomic E-state index is 0.858. The molecule has 5 nitrogen and oxygen atoms in total. The van der Waals surface area contributed by atoms with Crippen molar-refractivity contribution in [1.29, 1.82) is 0 Å². The van der Waals surface area contributed by atoms with Gasteiger partial charge < -0.3 is 8.83 Å². The molecule has 8 aromatic rings. The van der Waals surface area contributed by atoms with Gasteiger partial charge in [0.05, 0.1) is 5.52 Å². The van der Waals surface area contributed by atoms with E-state index < -0.39 is 0 Å². The Kier molecular flexibility index (Phi) is 2.60. The van der Waals surface area contributed by atoms with Crippen LogP contribution >= 0.6 is 0 Å². The summed E-state index contributed by atoms with van der Waals surface area (Å²) in [6.07, 6.45) is 7.52. The second kappa shape index (κ2) is 5.21. The third-order valence-corrected chi connectivity index (χ3v) is 6.34. The van der Waals surface area contributed by atoms with Gasteiger partial charge in [-0.2, -0.15) is 0 Å². The maximum atomic E-state index is 6.35. The van der Waals surface area contributed by atoms with E-state index in [1.807, 2.05) is 49.1 Å². The second-order valence-corrected chi connectivity index (χ2v) is 7.95. The van der Waals surface area contributed by atoms with Crippen molar-refractivity contribution in [3.63, 3.8) is 0 Å². The van der Waals surface area contributed by atoms with E-state index in [4.69, 9.17) is 8.83 Å². The number of para-hydroxylation sites is 1. The van der Waals surface area contributed by atoms with Gasteiger partial charge in [0.25, 0.3) is 0 Å². The van der Waals surface area contributed by atoms with Crippen LogP contribution in [0.25, 0.3) is 71.2 Å². The van der Waals surface area contributed by atoms with Crippen molar-refractivity contribution in [2.24, 2.45) is 0 Å². The normalized spacial score (nSPS) is 12.5. The number of hydrogen-bond acceptors (Lipinski definition) is 4. The van der Waals surface area contributed by atoms with Crippen molar-refractivity contribution in [1.82, 2.24) is 14.4 Å². The SMILES string of the molecule is c1ccc2c(c1)oc1cc3c(cc12)oc1cc2c4ccncc4c4nccn4c2cc13. The largest absolute Gasteiger partial charge is 0.456 e. The predicted molar refractivity (Wildman–Crippen MR) is 123 cm³/mol. The third-order valence-electron chi connectivity index (χ3n) is 6.34. The molecule has 0 amide bonds. The van der Waals surface area contributed by atoms with Crippen LogP contribution in [-0.4, -0.2) is 14.4 Å². The minimum Gasteiger partial charge on any atom is -0.456 e. The van der Waals surface area contributed by atoms with E-state index in [1.165, 1.54) is 0 Å². The molecule has 0 saturated carbocycles. The Hall–Kier alpha value is -4.38. The second-order valence-electron chi connectivity index (χ2n) is 7.95. The zero-order valence-electron chi connectivity index (χ0n) is 16.2. The number of hydrogen-bond donors (Lipinski definition) is 0. The van der Waals surface area contributed by atoms with Gasteiger partial charge >= 0.3 is 0 Å². The predicted octanol–water partition coefficient (Wildman–Crippen LogP) is 6.83. The van der Waals surface area contributed by atoms with Gasteiger partial charge in [0.15, 0.2) is 0 Å². The molecule has 8 rings (SSSR count). The van der Waals surface area contributed by atoms with Gasteiger partial charge in [0.2, 0.25) is 0 Å². The fourth-order valence-electron chi connectivity index (χ4n) is 4.95. The maximum Gasteiger partial charge on any atom is 0.146 e. The molecule has 3 aromatic carbocycles. The molecule has 0 unspecified atom stereocenters. The first kappa shape index (κ1) is 15.5. The average molecular weight is 399 g/mol. The molecule has 5 heteroatoms. The van der Waals surface area contributed by atoms with E-state index in [1.54, 1.807) is 0 Å². The molecule has 0 aliphatic carbocycles. The number of imidazole rings is 1. The molecule has 0 atom stereocenters. The molecule has 5 aromatic heterocycles. The Morgan fingerprint density at radius 2 is 1.35 bits per heavy atom. The molecule has 5 heterocycles. The summed E-state index contributed by atoms with van der Waals surface area (Å²) in [6, 6.07) is 18.7. The Bertz CT molecular complexity index is 2010. The van der Waals surface area contributed by atoms with Crippen LogP contribution in [0.1, 0.15) is 0 Å². The Labute approximate surface area is 174 Å². The Morgan fingerprint density at radius 3 is 2.26 bits per heavy atom. The summed E-state index contributed by atoms with van der Waals surface area (Å²) in [5, 5.41) is 7.54. The fourth-order valence-corrected chi connectivity index (χ4v) is 4.95. The first-order valence-corrected chi connectivity index (χ1v) is 10.2. The van der Waals surface area contributed by atoms with Gasteiger partial charge in [-0.25, -0.2) is 4.98 Å². The summed E-state index contributed by atoms with van der Waals surface area (Å²) in [5.41, 5.74) is 5.47. The highest BCUT2D eigenvalue weighted by Gasteiger charge is 2.16. The van der Waals surface area contributed by atoms with Crippen molar-refractivity contribution in [3.8, 4) is 0 Å². The molecule has 0 saturated heterocycles. The van der Waals surface area contributed by atoms with Crippen LogP contribution in [0.5, 0.6) is 0 Å². The number of nitrogens with zero attached hydrogens (tertiary/aromatic N) is 3. The number of benzene rings is 3. The summed E-state index contributed by atoms with van der Waals surface area (Å²) in [7, 11) is 0. The zero-order valence-corrected chi connectivity index (χ0v) is 16.2. The van der Waals surface area contributed by atoms with Gasteiger partial charge in [0.1, 0.15) is 28.0 Å². The molecule has 0 bridgehead atoms. The van der Waals surface area contributed by atoms with E-state index >= 15 is 0 Å². The lowest BCUT2D eigenvalue weighted by atomic mass is 10.0. The number of furan rings is 2. The van der Waals surface area contributed by atoms with Gasteiger partial charge in [-0.3, -0.25) is 9.38 Å². The van der Waals surface area contributed by atoms with Crippen LogP contribution in [0.4, 0.5) is 0 Å². The van der Waals surface area contributed by atoms with Crippen LogP contribution in [-0.2, 0) is 0 Å². The Balaban J connectivity index is 1.58. The summed E-state index contributed by atoms with van der Waals surface area (Å²) >= 11 is 0. The zero-order chi connectivity index (χ0) is 20.1. The monoisotopic (exact) mass is 399 g/mol. The molecule has 0 N–H and O–H groups in total. The summed E-state index contributed by atoms with van der Waals surface area (Å²) in [6.45, 7) is 0. The molecule has 31 heavy (non-hydrogen) atoms. The van der Waals surface area contributed by atoms with Crippen molar-refractivity contribution in [3.05, 3.63) is 79.4 Å². The van der Waals surface area contributed by atoms with Gasteiger partial charge in [-0.05, 0) is 41.8 Å². The molecule has 0 spiro atoms. The first-order valence-electron chi connectivity index (χ1n) is 10.2. The smallest absolute Gasteiger partial charge is 0.146 e. The van der Waals surface area contributed by atoms with E-state index in [2.05, 4.69) is 44.7 Å². The fraction of sp³-hybridized carbons (Fsp3) is 0. The number of aromatic nitrogens is 3. The standard InChI is InChI=1S/C26H13N3O2/c1-2-4-22-15(3-1)18-11-25-19(12-24(18)30-22)17-9-21-16(10-23(17)31-25)14-5-6-27-13-20(14)26-28-7-8-29(21)26/h1-13H. The molecular formula is C26H13N3O2. The number of pyridine rings is 2. The van der Waals surface area contributed by atoms with Crippen LogP contribution in [0.15, 0.2) is 88.2 Å². The molecule has 0 radical (unpaired) electrons. The summed E-state index contributed by atoms with van der Waals surface area (Å²) in [4.78, 5) is 8.89. The van der Waals surface area contributed by atoms with Crippen molar-refractivity contribution >= 4 is 71.2 Å². The van der Waals surface area contributed by atoms with Crippen LogP contribution < -0.4 is 0 Å². The van der Waals surface area contributed by atoms with Crippen molar-refractivity contribution in [2.45, 2.75) is 0 Å². The average Bonchev–Trinajstić information content (AvgIpc) is 3.51. The van der Waals surface area contributed by atoms with E-state index in [-0.39, 0.29) is 0 Å². The van der Waals surface area contributed by atoms with E-state index in [0.29, 0.717) is 0 Å². The van der Waals surface area contributed by atoms with Gasteiger partial charge in [0, 0.05) is 57.1 Å². The number of rotatable bonds is 0. The minimum atomic E-state index is 0.858. The summed E-state index contributed by atoms with van der Waals surface area (Å²) in [5.74, 6) is 0. The quantitative estimate of drug-likeness (QED) is 0.262. The highest BCUT2D eigenvalue weighted by atomic mass is 16.3. The molecule has 0 aliphatic rings. The molecule has 144 valence electrons. The lowest BCUT2D eigenvalue weighted by Gasteiger charge is -2.07. The van der Waals surface area contributed by atoms with Crippen LogP contribution in [0.2, 0.25) is 0 Å². The van der Waals surface area contributed by atoms with Crippen LogP contribution in [0.3, 0.4) is 0 Å². The maximum absolute atomic E-state index is 6.35. The molecular weight excluding hydrogens is 386 g/mol. The highest BCUT2D eigenvalue weighted by Crippen LogP contribution is 2.39. The Morgan fingerprint density at radius 1 is 0.613 bits per heavy atom. The van der Waals surface area contributed by atoms with E-state index in [0.717, 1.165) is 71.2 Å². The lowest BCUT2D eigenvalue weighted by Crippen LogP contribution is -1.91. The van der Waals surface area contributed by atoms with Gasteiger partial charge in [-0.15, -0.1) is 0 Å². The van der Waals surface area contributed by atoms with E-state index in [9.17, 15) is 0 Å². The van der Waals surface area contributed by atoms with Crippen molar-refractivity contribution in [2.75, 3.05) is 0 Å². The highest BCUT2D eigenvalue weighted by molar-refractivity contribution is 6.19. The topological polar surface area (TPSA) is 56.5 Å².